The first-order chi connectivity index (χ1) is 14.9. The van der Waals surface area contributed by atoms with Crippen LogP contribution in [0.5, 0.6) is 0 Å². The molecule has 0 radical (unpaired) electrons. The van der Waals surface area contributed by atoms with Gasteiger partial charge in [0.1, 0.15) is 0 Å². The van der Waals surface area contributed by atoms with E-state index in [1.54, 1.807) is 0 Å². The largest absolute Gasteiger partial charge is 0.0622 e. The summed E-state index contributed by atoms with van der Waals surface area (Å²) in [4.78, 5) is 0. The van der Waals surface area contributed by atoms with Gasteiger partial charge in [-0.15, -0.1) is 0 Å². The predicted molar refractivity (Wildman–Crippen MR) is 124 cm³/mol. The summed E-state index contributed by atoms with van der Waals surface area (Å²) >= 11 is 0. The van der Waals surface area contributed by atoms with Crippen molar-refractivity contribution in [2.45, 2.75) is 23.7 Å². The van der Waals surface area contributed by atoms with E-state index in [0.29, 0.717) is 35.5 Å². The van der Waals surface area contributed by atoms with E-state index in [9.17, 15) is 0 Å². The van der Waals surface area contributed by atoms with E-state index in [1.165, 1.54) is 22.3 Å². The molecule has 0 nitrogen and oxygen atoms in total. The highest BCUT2D eigenvalue weighted by Crippen LogP contribution is 2.76. The van der Waals surface area contributed by atoms with Crippen molar-refractivity contribution in [3.8, 4) is 0 Å². The summed E-state index contributed by atoms with van der Waals surface area (Å²) < 4.78 is 0. The molecular formula is C30H26. The minimum atomic E-state index is 0.624. The van der Waals surface area contributed by atoms with Gasteiger partial charge < -0.3 is 0 Å². The van der Waals surface area contributed by atoms with Crippen molar-refractivity contribution >= 4 is 0 Å². The van der Waals surface area contributed by atoms with Crippen LogP contribution in [0.1, 0.15) is 45.9 Å². The molecule has 4 aromatic carbocycles. The first-order valence-electron chi connectivity index (χ1n) is 11.1. The molecule has 4 atom stereocenters. The van der Waals surface area contributed by atoms with Gasteiger partial charge in [-0.05, 0) is 57.8 Å². The summed E-state index contributed by atoms with van der Waals surface area (Å²) in [5.41, 5.74) is 6.01. The predicted octanol–water partition coefficient (Wildman–Crippen LogP) is 7.38. The molecule has 30 heavy (non-hydrogen) atoms. The van der Waals surface area contributed by atoms with Crippen LogP contribution < -0.4 is 0 Å². The number of hydrogen-bond acceptors (Lipinski definition) is 0. The van der Waals surface area contributed by atoms with Gasteiger partial charge in [0.2, 0.25) is 0 Å². The Morgan fingerprint density at radius 2 is 0.467 bits per heavy atom. The van der Waals surface area contributed by atoms with Crippen molar-refractivity contribution in [1.29, 1.82) is 0 Å². The summed E-state index contributed by atoms with van der Waals surface area (Å²) in [5, 5.41) is 0. The maximum absolute atomic E-state index is 2.33. The lowest BCUT2D eigenvalue weighted by atomic mass is 10.0. The lowest BCUT2D eigenvalue weighted by Gasteiger charge is -2.01. The molecule has 2 aliphatic rings. The van der Waals surface area contributed by atoms with Crippen molar-refractivity contribution in [1.82, 2.24) is 0 Å². The highest BCUT2D eigenvalue weighted by molar-refractivity contribution is 5.47. The third-order valence-corrected chi connectivity index (χ3v) is 7.33. The van der Waals surface area contributed by atoms with Gasteiger partial charge in [-0.2, -0.15) is 0 Å². The fraction of sp³-hybridized carbons (Fsp3) is 0.200. The average Bonchev–Trinajstić information content (AvgIpc) is 3.73. The van der Waals surface area contributed by atoms with Gasteiger partial charge in [0.15, 0.2) is 0 Å². The smallest absolute Gasteiger partial charge is 0.00526 e. The summed E-state index contributed by atoms with van der Waals surface area (Å²) in [5.74, 6) is 3.89. The fourth-order valence-electron chi connectivity index (χ4n) is 6.05. The summed E-state index contributed by atoms with van der Waals surface area (Å²) in [6.07, 6.45) is 0. The van der Waals surface area contributed by atoms with E-state index in [-0.39, 0.29) is 0 Å². The maximum atomic E-state index is 2.33. The quantitative estimate of drug-likeness (QED) is 0.336. The molecule has 0 aromatic heterocycles. The maximum Gasteiger partial charge on any atom is -0.00526 e. The van der Waals surface area contributed by atoms with Crippen LogP contribution in [0.15, 0.2) is 121 Å². The Balaban J connectivity index is 1.40. The Morgan fingerprint density at radius 3 is 0.667 bits per heavy atom. The summed E-state index contributed by atoms with van der Waals surface area (Å²) in [6.45, 7) is 0. The van der Waals surface area contributed by atoms with E-state index < -0.39 is 0 Å². The first-order valence-corrected chi connectivity index (χ1v) is 11.1. The minimum Gasteiger partial charge on any atom is -0.0622 e. The molecule has 2 fully saturated rings. The molecule has 0 heteroatoms. The molecule has 146 valence electrons. The Kier molecular flexibility index (Phi) is 4.30. The molecular weight excluding hydrogens is 360 g/mol. The van der Waals surface area contributed by atoms with Crippen molar-refractivity contribution < 1.29 is 0 Å². The van der Waals surface area contributed by atoms with E-state index >= 15 is 0 Å². The second-order valence-corrected chi connectivity index (χ2v) is 8.90. The monoisotopic (exact) mass is 386 g/mol. The highest BCUT2D eigenvalue weighted by Gasteiger charge is 2.66. The molecule has 0 N–H and O–H groups in total. The standard InChI is InChI=1S/C30H26/c1-5-13-21(14-6-1)25-26(22-15-7-2-8-16-22)29(25)30-27(23-17-9-3-10-18-23)28(30)24-19-11-4-12-20-24/h1-20,25-30H/t25-,26-,27+,28+. The number of benzene rings is 4. The molecule has 0 unspecified atom stereocenters. The number of hydrogen-bond donors (Lipinski definition) is 0. The Morgan fingerprint density at radius 1 is 0.267 bits per heavy atom. The zero-order chi connectivity index (χ0) is 19.9. The minimum absolute atomic E-state index is 0.624. The molecule has 0 spiro atoms. The second kappa shape index (κ2) is 7.29. The van der Waals surface area contributed by atoms with Gasteiger partial charge in [0, 0.05) is 0 Å². The SMILES string of the molecule is c1ccc([C@@H]2C(C3[C@H](c4ccccc4)[C@H]3c3ccccc3)[C@H]2c2ccccc2)cc1. The van der Waals surface area contributed by atoms with Crippen LogP contribution in [0, 0.1) is 11.8 Å². The lowest BCUT2D eigenvalue weighted by molar-refractivity contribution is 0.638. The van der Waals surface area contributed by atoms with E-state index in [0.717, 1.165) is 0 Å². The molecule has 2 aliphatic carbocycles. The molecule has 6 rings (SSSR count). The molecule has 0 bridgehead atoms. The Hall–Kier alpha value is -3.12. The Bertz CT molecular complexity index is 918. The Labute approximate surface area is 179 Å². The molecule has 0 heterocycles. The molecule has 4 aromatic rings. The van der Waals surface area contributed by atoms with Gasteiger partial charge in [-0.3, -0.25) is 0 Å². The fourth-order valence-corrected chi connectivity index (χ4v) is 6.05. The van der Waals surface area contributed by atoms with Gasteiger partial charge in [0.25, 0.3) is 0 Å². The van der Waals surface area contributed by atoms with Crippen LogP contribution in [-0.2, 0) is 0 Å². The van der Waals surface area contributed by atoms with E-state index in [1.807, 2.05) is 0 Å². The molecule has 2 saturated carbocycles. The van der Waals surface area contributed by atoms with Crippen molar-refractivity contribution in [3.05, 3.63) is 144 Å². The van der Waals surface area contributed by atoms with Crippen molar-refractivity contribution in [2.75, 3.05) is 0 Å². The zero-order valence-corrected chi connectivity index (χ0v) is 17.0. The van der Waals surface area contributed by atoms with Gasteiger partial charge in [0.05, 0.1) is 0 Å². The van der Waals surface area contributed by atoms with Crippen LogP contribution in [0.4, 0.5) is 0 Å². The van der Waals surface area contributed by atoms with Gasteiger partial charge in [-0.1, -0.05) is 121 Å². The van der Waals surface area contributed by atoms with E-state index in [2.05, 4.69) is 121 Å². The topological polar surface area (TPSA) is 0 Å². The lowest BCUT2D eigenvalue weighted by Crippen LogP contribution is -1.91. The van der Waals surface area contributed by atoms with Crippen LogP contribution >= 0.6 is 0 Å². The molecule has 0 aliphatic heterocycles. The van der Waals surface area contributed by atoms with Crippen molar-refractivity contribution in [2.24, 2.45) is 11.8 Å². The number of rotatable bonds is 5. The van der Waals surface area contributed by atoms with Crippen LogP contribution in [0.3, 0.4) is 0 Å². The zero-order valence-electron chi connectivity index (χ0n) is 17.0. The molecule has 0 saturated heterocycles. The molecule has 0 amide bonds. The average molecular weight is 387 g/mol. The van der Waals surface area contributed by atoms with Crippen LogP contribution in [0.25, 0.3) is 0 Å². The van der Waals surface area contributed by atoms with Crippen LogP contribution in [-0.4, -0.2) is 0 Å². The van der Waals surface area contributed by atoms with Gasteiger partial charge >= 0.3 is 0 Å². The van der Waals surface area contributed by atoms with Crippen molar-refractivity contribution in [3.63, 3.8) is 0 Å². The van der Waals surface area contributed by atoms with Gasteiger partial charge in [-0.25, -0.2) is 0 Å². The summed E-state index contributed by atoms with van der Waals surface area (Å²) in [6, 6.07) is 44.8. The van der Waals surface area contributed by atoms with E-state index in [4.69, 9.17) is 0 Å². The third kappa shape index (κ3) is 2.99. The van der Waals surface area contributed by atoms with Crippen LogP contribution in [0.2, 0.25) is 0 Å². The normalized spacial score (nSPS) is 29.3. The third-order valence-electron chi connectivity index (χ3n) is 7.33. The second-order valence-electron chi connectivity index (χ2n) is 8.90. The highest BCUT2D eigenvalue weighted by atomic mass is 14.7. The summed E-state index contributed by atoms with van der Waals surface area (Å²) in [7, 11) is 0. The first kappa shape index (κ1) is 17.7.